The molecule has 0 fully saturated rings. The van der Waals surface area contributed by atoms with Gasteiger partial charge in [-0.15, -0.1) is 0 Å². The first-order valence-electron chi connectivity index (χ1n) is 5.36. The average molecular weight is 251 g/mol. The second-order valence-corrected chi connectivity index (χ2v) is 4.54. The van der Waals surface area contributed by atoms with Gasteiger partial charge in [-0.05, 0) is 38.1 Å². The number of hydrogen-bond donors (Lipinski definition) is 2. The van der Waals surface area contributed by atoms with Gasteiger partial charge in [-0.25, -0.2) is 0 Å². The van der Waals surface area contributed by atoms with Crippen LogP contribution in [0.4, 0.5) is 5.69 Å². The van der Waals surface area contributed by atoms with E-state index >= 15 is 0 Å². The Morgan fingerprint density at radius 2 is 1.82 bits per heavy atom. The molecule has 0 aliphatic carbocycles. The van der Waals surface area contributed by atoms with E-state index < -0.39 is 0 Å². The van der Waals surface area contributed by atoms with Crippen LogP contribution in [0.5, 0.6) is 0 Å². The fraction of sp³-hybridized carbons (Fsp3) is 0.333. The third kappa shape index (κ3) is 3.71. The van der Waals surface area contributed by atoms with Crippen LogP contribution in [0.2, 0.25) is 0 Å². The highest BCUT2D eigenvalue weighted by Gasteiger charge is 2.12. The Kier molecular flexibility index (Phi) is 4.45. The van der Waals surface area contributed by atoms with Gasteiger partial charge in [-0.1, -0.05) is 12.2 Å². The lowest BCUT2D eigenvalue weighted by molar-refractivity contribution is -0.116. The number of thiocarbonyl (C=S) groups is 1. The van der Waals surface area contributed by atoms with E-state index in [1.54, 1.807) is 0 Å². The Balaban J connectivity index is 2.95. The molecule has 0 saturated heterocycles. The van der Waals surface area contributed by atoms with Crippen molar-refractivity contribution in [2.24, 2.45) is 11.5 Å². The predicted octanol–water partition coefficient (Wildman–Crippen LogP) is 1.02. The summed E-state index contributed by atoms with van der Waals surface area (Å²) in [6, 6.07) is 7.65. The molecule has 0 spiro atoms. The van der Waals surface area contributed by atoms with Gasteiger partial charge in [-0.3, -0.25) is 4.79 Å². The zero-order chi connectivity index (χ0) is 13.0. The van der Waals surface area contributed by atoms with Crippen LogP contribution in [-0.4, -0.2) is 23.5 Å². The number of nitrogens with zero attached hydrogens (tertiary/aromatic N) is 1. The first-order valence-corrected chi connectivity index (χ1v) is 5.77. The third-order valence-electron chi connectivity index (χ3n) is 2.43. The highest BCUT2D eigenvalue weighted by atomic mass is 32.1. The summed E-state index contributed by atoms with van der Waals surface area (Å²) in [5.74, 6) is -0.350. The second-order valence-electron chi connectivity index (χ2n) is 4.10. The van der Waals surface area contributed by atoms with Gasteiger partial charge in [0.15, 0.2) is 0 Å². The summed E-state index contributed by atoms with van der Waals surface area (Å²) in [5.41, 5.74) is 12.5. The minimum atomic E-state index is -0.350. The molecule has 0 aromatic heterocycles. The van der Waals surface area contributed by atoms with Crippen molar-refractivity contribution in [3.05, 3.63) is 29.8 Å². The lowest BCUT2D eigenvalue weighted by atomic mass is 10.1. The van der Waals surface area contributed by atoms with Crippen molar-refractivity contribution in [1.82, 2.24) is 0 Å². The highest BCUT2D eigenvalue weighted by molar-refractivity contribution is 7.80. The molecule has 4 nitrogen and oxygen atoms in total. The van der Waals surface area contributed by atoms with Gasteiger partial charge in [0.25, 0.3) is 0 Å². The molecule has 0 heterocycles. The zero-order valence-corrected chi connectivity index (χ0v) is 10.8. The molecular formula is C12H17N3OS. The molecule has 5 heteroatoms. The number of anilines is 1. The van der Waals surface area contributed by atoms with E-state index in [1.165, 1.54) is 0 Å². The maximum absolute atomic E-state index is 11.0. The molecule has 0 aliphatic rings. The molecular weight excluding hydrogens is 234 g/mol. The molecule has 92 valence electrons. The topological polar surface area (TPSA) is 72.3 Å². The van der Waals surface area contributed by atoms with Crippen LogP contribution >= 0.6 is 12.2 Å². The summed E-state index contributed by atoms with van der Waals surface area (Å²) in [7, 11) is 0. The summed E-state index contributed by atoms with van der Waals surface area (Å²) < 4.78 is 0. The van der Waals surface area contributed by atoms with Crippen LogP contribution < -0.4 is 16.4 Å². The molecule has 0 unspecified atom stereocenters. The van der Waals surface area contributed by atoms with E-state index in [0.717, 1.165) is 11.3 Å². The molecule has 1 aromatic carbocycles. The molecule has 0 saturated carbocycles. The van der Waals surface area contributed by atoms with Gasteiger partial charge in [0.1, 0.15) is 4.99 Å². The van der Waals surface area contributed by atoms with Crippen molar-refractivity contribution in [2.45, 2.75) is 19.9 Å². The summed E-state index contributed by atoms with van der Waals surface area (Å²) in [5, 5.41) is 0. The summed E-state index contributed by atoms with van der Waals surface area (Å²) in [6.45, 7) is 4.21. The molecule has 1 aromatic rings. The lowest BCUT2D eigenvalue weighted by Crippen LogP contribution is -2.38. The van der Waals surface area contributed by atoms with Crippen molar-refractivity contribution >= 4 is 28.8 Å². The van der Waals surface area contributed by atoms with E-state index in [2.05, 4.69) is 0 Å². The fourth-order valence-corrected chi connectivity index (χ4v) is 1.69. The maximum Gasteiger partial charge on any atom is 0.236 e. The van der Waals surface area contributed by atoms with Crippen LogP contribution in [0.3, 0.4) is 0 Å². The normalized spacial score (nSPS) is 10.3. The number of primary amides is 1. The monoisotopic (exact) mass is 251 g/mol. The number of nitrogens with two attached hydrogens (primary N) is 2. The molecule has 1 rings (SSSR count). The summed E-state index contributed by atoms with van der Waals surface area (Å²) >= 11 is 4.88. The van der Waals surface area contributed by atoms with Crippen molar-refractivity contribution in [1.29, 1.82) is 0 Å². The number of hydrogen-bond acceptors (Lipinski definition) is 3. The van der Waals surface area contributed by atoms with Crippen molar-refractivity contribution in [2.75, 3.05) is 11.4 Å². The SMILES string of the molecule is CC(C)N(CC(N)=O)c1ccc(C(N)=S)cc1. The molecule has 0 atom stereocenters. The number of amides is 1. The van der Waals surface area contributed by atoms with Gasteiger partial charge < -0.3 is 16.4 Å². The first-order chi connectivity index (χ1) is 7.91. The van der Waals surface area contributed by atoms with Crippen molar-refractivity contribution < 1.29 is 4.79 Å². The van der Waals surface area contributed by atoms with E-state index in [1.807, 2.05) is 43.0 Å². The molecule has 0 radical (unpaired) electrons. The minimum Gasteiger partial charge on any atom is -0.389 e. The Hall–Kier alpha value is -1.62. The van der Waals surface area contributed by atoms with Gasteiger partial charge in [0, 0.05) is 17.3 Å². The Labute approximate surface area is 107 Å². The average Bonchev–Trinajstić information content (AvgIpc) is 2.25. The standard InChI is InChI=1S/C12H17N3OS/c1-8(2)15(7-11(13)16)10-5-3-9(4-6-10)12(14)17/h3-6,8H,7H2,1-2H3,(H2,13,16)(H2,14,17). The first kappa shape index (κ1) is 13.4. The fourth-order valence-electron chi connectivity index (χ4n) is 1.56. The Morgan fingerprint density at radius 1 is 1.29 bits per heavy atom. The van der Waals surface area contributed by atoms with Crippen LogP contribution in [0.25, 0.3) is 0 Å². The van der Waals surface area contributed by atoms with E-state index in [4.69, 9.17) is 23.7 Å². The summed E-state index contributed by atoms with van der Waals surface area (Å²) in [6.07, 6.45) is 0. The van der Waals surface area contributed by atoms with Crippen LogP contribution in [0.1, 0.15) is 19.4 Å². The number of carbonyl (C=O) groups excluding carboxylic acids is 1. The Bertz CT molecular complexity index is 414. The Morgan fingerprint density at radius 3 is 2.18 bits per heavy atom. The lowest BCUT2D eigenvalue weighted by Gasteiger charge is -2.27. The second kappa shape index (κ2) is 5.63. The third-order valence-corrected chi connectivity index (χ3v) is 2.67. The van der Waals surface area contributed by atoms with Gasteiger partial charge in [-0.2, -0.15) is 0 Å². The summed E-state index contributed by atoms with van der Waals surface area (Å²) in [4.78, 5) is 13.3. The molecule has 0 bridgehead atoms. The maximum atomic E-state index is 11.0. The quantitative estimate of drug-likeness (QED) is 0.766. The van der Waals surface area contributed by atoms with Crippen molar-refractivity contribution in [3.8, 4) is 0 Å². The minimum absolute atomic E-state index is 0.193. The molecule has 17 heavy (non-hydrogen) atoms. The smallest absolute Gasteiger partial charge is 0.236 e. The van der Waals surface area contributed by atoms with Crippen molar-refractivity contribution in [3.63, 3.8) is 0 Å². The molecule has 0 aliphatic heterocycles. The molecule has 1 amide bonds. The largest absolute Gasteiger partial charge is 0.389 e. The number of rotatable bonds is 5. The molecule has 4 N–H and O–H groups in total. The van der Waals surface area contributed by atoms with E-state index in [-0.39, 0.29) is 18.5 Å². The van der Waals surface area contributed by atoms with Crippen LogP contribution in [0, 0.1) is 0 Å². The number of carbonyl (C=O) groups is 1. The van der Waals surface area contributed by atoms with Gasteiger partial charge in [0.2, 0.25) is 5.91 Å². The van der Waals surface area contributed by atoms with Crippen LogP contribution in [0.15, 0.2) is 24.3 Å². The van der Waals surface area contributed by atoms with Crippen LogP contribution in [-0.2, 0) is 4.79 Å². The van der Waals surface area contributed by atoms with Gasteiger partial charge >= 0.3 is 0 Å². The zero-order valence-electron chi connectivity index (χ0n) is 10.0. The van der Waals surface area contributed by atoms with E-state index in [0.29, 0.717) is 4.99 Å². The number of benzene rings is 1. The predicted molar refractivity (Wildman–Crippen MR) is 74.0 cm³/mol. The van der Waals surface area contributed by atoms with E-state index in [9.17, 15) is 4.79 Å². The van der Waals surface area contributed by atoms with Gasteiger partial charge in [0.05, 0.1) is 6.54 Å². The highest BCUT2D eigenvalue weighted by Crippen LogP contribution is 2.17.